The Kier molecular flexibility index (Phi) is 5.74. The summed E-state index contributed by atoms with van der Waals surface area (Å²) < 4.78 is 11.2. The van der Waals surface area contributed by atoms with E-state index in [4.69, 9.17) is 9.47 Å². The molecule has 2 aromatic carbocycles. The molecule has 1 saturated heterocycles. The molecule has 0 spiro atoms. The number of benzene rings is 2. The maximum Gasteiger partial charge on any atom is 0.335 e. The molecule has 0 radical (unpaired) electrons. The molecule has 0 aliphatic carbocycles. The summed E-state index contributed by atoms with van der Waals surface area (Å²) in [7, 11) is 2.99. The summed E-state index contributed by atoms with van der Waals surface area (Å²) in [5.74, 6) is -0.534. The Balaban J connectivity index is 2.08. The highest BCUT2D eigenvalue weighted by Gasteiger charge is 2.37. The molecule has 1 aliphatic rings. The Morgan fingerprint density at radius 2 is 1.66 bits per heavy atom. The van der Waals surface area contributed by atoms with Crippen molar-refractivity contribution in [2.45, 2.75) is 13.8 Å². The molecule has 3 rings (SSSR count). The first-order valence-electron chi connectivity index (χ1n) is 8.67. The number of halogens is 1. The first-order valence-corrected chi connectivity index (χ1v) is 9.46. The van der Waals surface area contributed by atoms with Gasteiger partial charge in [-0.15, -0.1) is 0 Å². The van der Waals surface area contributed by atoms with Gasteiger partial charge in [-0.1, -0.05) is 6.07 Å². The maximum atomic E-state index is 13.1. The molecule has 1 fully saturated rings. The molecule has 1 N–H and O–H groups in total. The number of hydrogen-bond donors (Lipinski definition) is 1. The van der Waals surface area contributed by atoms with Crippen LogP contribution in [0, 0.1) is 13.8 Å². The van der Waals surface area contributed by atoms with E-state index in [1.165, 1.54) is 20.3 Å². The van der Waals surface area contributed by atoms with Crippen LogP contribution in [-0.4, -0.2) is 32.1 Å². The van der Waals surface area contributed by atoms with Crippen LogP contribution in [0.25, 0.3) is 6.08 Å². The highest BCUT2D eigenvalue weighted by atomic mass is 79.9. The number of hydrogen-bond acceptors (Lipinski definition) is 5. The average Bonchev–Trinajstić information content (AvgIpc) is 2.67. The van der Waals surface area contributed by atoms with Crippen LogP contribution in [-0.2, 0) is 9.59 Å². The Hall–Kier alpha value is -3.13. The van der Waals surface area contributed by atoms with Gasteiger partial charge in [-0.2, -0.15) is 0 Å². The standard InChI is InChI=1S/C21H19BrN2O5/c1-11-5-6-14(7-12(11)2)24-20(26)15(19(25)23-21(24)27)8-13-9-16(22)18(29-4)10-17(13)28-3/h5-10H,1-4H3,(H,23,25,27)/b15-8+. The molecule has 0 aromatic heterocycles. The van der Waals surface area contributed by atoms with Crippen LogP contribution in [0.3, 0.4) is 0 Å². The Labute approximate surface area is 176 Å². The van der Waals surface area contributed by atoms with Crippen LogP contribution in [0.15, 0.2) is 40.4 Å². The van der Waals surface area contributed by atoms with Gasteiger partial charge in [0.15, 0.2) is 0 Å². The lowest BCUT2D eigenvalue weighted by Gasteiger charge is -2.27. The van der Waals surface area contributed by atoms with E-state index in [1.54, 1.807) is 24.3 Å². The van der Waals surface area contributed by atoms with Gasteiger partial charge in [0, 0.05) is 11.6 Å². The Morgan fingerprint density at radius 3 is 2.28 bits per heavy atom. The van der Waals surface area contributed by atoms with E-state index in [-0.39, 0.29) is 5.57 Å². The molecule has 0 atom stereocenters. The third-order valence-electron chi connectivity index (χ3n) is 4.65. The average molecular weight is 459 g/mol. The monoisotopic (exact) mass is 458 g/mol. The van der Waals surface area contributed by atoms with Crippen molar-refractivity contribution in [1.29, 1.82) is 0 Å². The predicted molar refractivity (Wildman–Crippen MR) is 112 cm³/mol. The van der Waals surface area contributed by atoms with Crippen molar-refractivity contribution in [3.63, 3.8) is 0 Å². The summed E-state index contributed by atoms with van der Waals surface area (Å²) in [5.41, 5.74) is 2.63. The van der Waals surface area contributed by atoms with Crippen LogP contribution in [0.2, 0.25) is 0 Å². The van der Waals surface area contributed by atoms with E-state index in [9.17, 15) is 14.4 Å². The largest absolute Gasteiger partial charge is 0.496 e. The molecule has 0 saturated carbocycles. The molecule has 4 amide bonds. The summed E-state index contributed by atoms with van der Waals surface area (Å²) in [4.78, 5) is 38.8. The second-order valence-corrected chi connectivity index (χ2v) is 7.31. The zero-order valence-electron chi connectivity index (χ0n) is 16.3. The van der Waals surface area contributed by atoms with Crippen molar-refractivity contribution in [2.24, 2.45) is 0 Å². The van der Waals surface area contributed by atoms with Crippen molar-refractivity contribution in [3.05, 3.63) is 57.1 Å². The van der Waals surface area contributed by atoms with Crippen LogP contribution < -0.4 is 19.7 Å². The van der Waals surface area contributed by atoms with Crippen LogP contribution in [0.4, 0.5) is 10.5 Å². The van der Waals surface area contributed by atoms with E-state index in [0.717, 1.165) is 16.0 Å². The molecule has 0 bridgehead atoms. The second-order valence-electron chi connectivity index (χ2n) is 6.46. The third kappa shape index (κ3) is 3.88. The summed E-state index contributed by atoms with van der Waals surface area (Å²) in [6, 6.07) is 7.72. The summed E-state index contributed by atoms with van der Waals surface area (Å²) in [6.07, 6.45) is 1.39. The topological polar surface area (TPSA) is 84.9 Å². The number of carbonyl (C=O) groups is 3. The number of imide groups is 2. The highest BCUT2D eigenvalue weighted by Crippen LogP contribution is 2.34. The molecular weight excluding hydrogens is 440 g/mol. The van der Waals surface area contributed by atoms with Gasteiger partial charge in [0.2, 0.25) is 0 Å². The van der Waals surface area contributed by atoms with E-state index >= 15 is 0 Å². The first kappa shape index (κ1) is 20.6. The quantitative estimate of drug-likeness (QED) is 0.556. The zero-order chi connectivity index (χ0) is 21.3. The summed E-state index contributed by atoms with van der Waals surface area (Å²) >= 11 is 3.38. The second kappa shape index (κ2) is 8.08. The minimum Gasteiger partial charge on any atom is -0.496 e. The molecular formula is C21H19BrN2O5. The fourth-order valence-electron chi connectivity index (χ4n) is 2.91. The third-order valence-corrected chi connectivity index (χ3v) is 5.27. The normalized spacial score (nSPS) is 15.6. The predicted octanol–water partition coefficient (Wildman–Crippen LogP) is 3.75. The number of ether oxygens (including phenoxy) is 2. The number of amides is 4. The number of methoxy groups -OCH3 is 2. The SMILES string of the molecule is COc1cc(OC)c(/C=C2\C(=O)NC(=O)N(c3ccc(C)c(C)c3)C2=O)cc1Br. The molecule has 0 unspecified atom stereocenters. The van der Waals surface area contributed by atoms with Gasteiger partial charge in [-0.25, -0.2) is 9.69 Å². The number of urea groups is 1. The van der Waals surface area contributed by atoms with E-state index < -0.39 is 17.8 Å². The minimum atomic E-state index is -0.789. The summed E-state index contributed by atoms with van der Waals surface area (Å²) in [6.45, 7) is 3.81. The van der Waals surface area contributed by atoms with E-state index in [2.05, 4.69) is 21.2 Å². The van der Waals surface area contributed by atoms with Crippen molar-refractivity contribution in [1.82, 2.24) is 5.32 Å². The number of rotatable bonds is 4. The number of aryl methyl sites for hydroxylation is 2. The van der Waals surface area contributed by atoms with Crippen LogP contribution in [0.5, 0.6) is 11.5 Å². The lowest BCUT2D eigenvalue weighted by molar-refractivity contribution is -0.122. The Bertz CT molecular complexity index is 1060. The molecule has 150 valence electrons. The molecule has 1 heterocycles. The van der Waals surface area contributed by atoms with Gasteiger partial charge in [-0.05, 0) is 65.2 Å². The maximum absolute atomic E-state index is 13.1. The van der Waals surface area contributed by atoms with Gasteiger partial charge < -0.3 is 9.47 Å². The lowest BCUT2D eigenvalue weighted by Crippen LogP contribution is -2.54. The number of anilines is 1. The molecule has 1 aliphatic heterocycles. The first-order chi connectivity index (χ1) is 13.8. The lowest BCUT2D eigenvalue weighted by atomic mass is 10.0. The van der Waals surface area contributed by atoms with Crippen LogP contribution in [0.1, 0.15) is 16.7 Å². The van der Waals surface area contributed by atoms with E-state index in [0.29, 0.717) is 27.2 Å². The molecule has 2 aromatic rings. The number of nitrogens with zero attached hydrogens (tertiary/aromatic N) is 1. The Morgan fingerprint density at radius 1 is 0.966 bits per heavy atom. The van der Waals surface area contributed by atoms with Gasteiger partial charge >= 0.3 is 6.03 Å². The minimum absolute atomic E-state index is 0.182. The fraction of sp³-hybridized carbons (Fsp3) is 0.190. The van der Waals surface area contributed by atoms with Gasteiger partial charge in [0.1, 0.15) is 17.1 Å². The fourth-order valence-corrected chi connectivity index (χ4v) is 3.43. The number of carbonyl (C=O) groups excluding carboxylic acids is 3. The zero-order valence-corrected chi connectivity index (χ0v) is 17.9. The molecule has 29 heavy (non-hydrogen) atoms. The van der Waals surface area contributed by atoms with Crippen LogP contribution >= 0.6 is 15.9 Å². The molecule has 7 nitrogen and oxygen atoms in total. The van der Waals surface area contributed by atoms with Gasteiger partial charge in [0.05, 0.1) is 24.4 Å². The smallest absolute Gasteiger partial charge is 0.335 e. The van der Waals surface area contributed by atoms with Crippen molar-refractivity contribution >= 4 is 45.5 Å². The van der Waals surface area contributed by atoms with Gasteiger partial charge in [-0.3, -0.25) is 14.9 Å². The van der Waals surface area contributed by atoms with Crippen molar-refractivity contribution < 1.29 is 23.9 Å². The number of nitrogens with one attached hydrogen (secondary N) is 1. The van der Waals surface area contributed by atoms with Gasteiger partial charge in [0.25, 0.3) is 11.8 Å². The molecule has 8 heteroatoms. The van der Waals surface area contributed by atoms with E-state index in [1.807, 2.05) is 19.9 Å². The van der Waals surface area contributed by atoms with Crippen molar-refractivity contribution in [3.8, 4) is 11.5 Å². The number of barbiturate groups is 1. The summed E-state index contributed by atoms with van der Waals surface area (Å²) in [5, 5.41) is 2.22. The van der Waals surface area contributed by atoms with Crippen molar-refractivity contribution in [2.75, 3.05) is 19.1 Å². The highest BCUT2D eigenvalue weighted by molar-refractivity contribution is 9.10.